The van der Waals surface area contributed by atoms with Gasteiger partial charge in [-0.25, -0.2) is 4.39 Å². The molecule has 0 amide bonds. The molecule has 3 aromatic rings. The number of carbonyl (C=O) groups is 1. The van der Waals surface area contributed by atoms with Crippen molar-refractivity contribution in [3.8, 4) is 17.2 Å². The van der Waals surface area contributed by atoms with Crippen molar-refractivity contribution < 1.29 is 23.4 Å². The van der Waals surface area contributed by atoms with E-state index in [4.69, 9.17) is 25.8 Å². The molecular formula is C25H21BrClFO4. The fourth-order valence-electron chi connectivity index (χ4n) is 3.52. The Hall–Kier alpha value is -2.57. The second kappa shape index (κ2) is 9.12. The van der Waals surface area contributed by atoms with E-state index in [0.29, 0.717) is 22.1 Å². The van der Waals surface area contributed by atoms with Gasteiger partial charge >= 0.3 is 5.97 Å². The van der Waals surface area contributed by atoms with Crippen molar-refractivity contribution in [2.45, 2.75) is 26.6 Å². The quantitative estimate of drug-likeness (QED) is 0.310. The number of hydrogen-bond acceptors (Lipinski definition) is 4. The van der Waals surface area contributed by atoms with Crippen LogP contribution in [0.2, 0.25) is 5.02 Å². The lowest BCUT2D eigenvalue weighted by Crippen LogP contribution is -2.12. The van der Waals surface area contributed by atoms with E-state index in [0.717, 1.165) is 4.47 Å². The molecule has 0 saturated heterocycles. The fraction of sp³-hybridized carbons (Fsp3) is 0.240. The Bertz CT molecular complexity index is 1140. The molecule has 4 rings (SSSR count). The number of benzene rings is 3. The summed E-state index contributed by atoms with van der Waals surface area (Å²) in [5.74, 6) is -0.183. The molecule has 1 aliphatic rings. The second-order valence-electron chi connectivity index (χ2n) is 8.20. The van der Waals surface area contributed by atoms with Crippen LogP contribution in [0.4, 0.5) is 4.39 Å². The maximum Gasteiger partial charge on any atom is 0.313 e. The van der Waals surface area contributed by atoms with Crippen LogP contribution in [0.5, 0.6) is 17.2 Å². The van der Waals surface area contributed by atoms with E-state index in [1.54, 1.807) is 42.5 Å². The van der Waals surface area contributed by atoms with Crippen LogP contribution in [0.1, 0.15) is 19.4 Å². The van der Waals surface area contributed by atoms with Gasteiger partial charge in [-0.2, -0.15) is 0 Å². The zero-order valence-corrected chi connectivity index (χ0v) is 19.8. The molecule has 166 valence electrons. The zero-order chi connectivity index (χ0) is 22.9. The normalized spacial score (nSPS) is 18.7. The largest absolute Gasteiger partial charge is 0.487 e. The Morgan fingerprint density at radius 1 is 1.06 bits per heavy atom. The van der Waals surface area contributed by atoms with Crippen LogP contribution in [0.15, 0.2) is 71.2 Å². The Labute approximate surface area is 199 Å². The molecule has 0 heterocycles. The molecule has 0 aliphatic heterocycles. The van der Waals surface area contributed by atoms with Gasteiger partial charge in [0.2, 0.25) is 0 Å². The second-order valence-corrected chi connectivity index (χ2v) is 9.52. The van der Waals surface area contributed by atoms with E-state index in [2.05, 4.69) is 15.9 Å². The highest BCUT2D eigenvalue weighted by Crippen LogP contribution is 2.55. The van der Waals surface area contributed by atoms with E-state index >= 15 is 0 Å². The molecule has 2 atom stereocenters. The molecule has 0 spiro atoms. The Balaban J connectivity index is 1.38. The summed E-state index contributed by atoms with van der Waals surface area (Å²) in [5, 5.41) is 0.464. The highest BCUT2D eigenvalue weighted by molar-refractivity contribution is 9.10. The molecule has 0 N–H and O–H groups in total. The predicted molar refractivity (Wildman–Crippen MR) is 124 cm³/mol. The number of esters is 1. The van der Waals surface area contributed by atoms with Crippen molar-refractivity contribution in [2.75, 3.05) is 0 Å². The third-order valence-corrected chi connectivity index (χ3v) is 6.27. The van der Waals surface area contributed by atoms with Gasteiger partial charge in [0.15, 0.2) is 11.6 Å². The monoisotopic (exact) mass is 518 g/mol. The van der Waals surface area contributed by atoms with Crippen LogP contribution < -0.4 is 9.47 Å². The lowest BCUT2D eigenvalue weighted by Gasteiger charge is -2.10. The van der Waals surface area contributed by atoms with E-state index in [9.17, 15) is 9.18 Å². The van der Waals surface area contributed by atoms with Gasteiger partial charge in [-0.3, -0.25) is 4.79 Å². The van der Waals surface area contributed by atoms with Crippen molar-refractivity contribution in [1.29, 1.82) is 0 Å². The number of rotatable bonds is 7. The van der Waals surface area contributed by atoms with E-state index in [-0.39, 0.29) is 24.4 Å². The van der Waals surface area contributed by atoms with Gasteiger partial charge in [0.1, 0.15) is 30.1 Å². The first-order valence-corrected chi connectivity index (χ1v) is 11.2. The summed E-state index contributed by atoms with van der Waals surface area (Å²) in [5.41, 5.74) is 0.232. The first-order chi connectivity index (χ1) is 15.3. The Kier molecular flexibility index (Phi) is 6.45. The first kappa shape index (κ1) is 22.6. The molecule has 2 unspecified atom stereocenters. The third kappa shape index (κ3) is 4.92. The average Bonchev–Trinajstić information content (AvgIpc) is 3.31. The van der Waals surface area contributed by atoms with Gasteiger partial charge < -0.3 is 14.2 Å². The molecule has 32 heavy (non-hydrogen) atoms. The summed E-state index contributed by atoms with van der Waals surface area (Å²) >= 11 is 9.59. The zero-order valence-electron chi connectivity index (χ0n) is 17.5. The van der Waals surface area contributed by atoms with Crippen molar-refractivity contribution in [3.05, 3.63) is 87.6 Å². The van der Waals surface area contributed by atoms with Crippen LogP contribution in [-0.4, -0.2) is 12.1 Å². The van der Waals surface area contributed by atoms with E-state index < -0.39 is 17.2 Å². The molecule has 1 saturated carbocycles. The molecule has 4 nitrogen and oxygen atoms in total. The maximum absolute atomic E-state index is 14.1. The summed E-state index contributed by atoms with van der Waals surface area (Å²) in [6.07, 6.45) is -0.348. The van der Waals surface area contributed by atoms with Crippen LogP contribution in [-0.2, 0) is 16.1 Å². The van der Waals surface area contributed by atoms with Gasteiger partial charge in [0.25, 0.3) is 0 Å². The third-order valence-electron chi connectivity index (χ3n) is 5.48. The molecule has 3 aromatic carbocycles. The van der Waals surface area contributed by atoms with Gasteiger partial charge in [-0.15, -0.1) is 0 Å². The molecule has 1 aliphatic carbocycles. The molecule has 0 bridgehead atoms. The summed E-state index contributed by atoms with van der Waals surface area (Å²) in [6.45, 7) is 3.89. The molecule has 0 aromatic heterocycles. The van der Waals surface area contributed by atoms with Crippen molar-refractivity contribution in [3.63, 3.8) is 0 Å². The maximum atomic E-state index is 14.1. The lowest BCUT2D eigenvalue weighted by molar-refractivity contribution is -0.147. The van der Waals surface area contributed by atoms with Crippen molar-refractivity contribution in [2.24, 2.45) is 11.3 Å². The van der Waals surface area contributed by atoms with E-state index in [1.165, 1.54) is 12.1 Å². The van der Waals surface area contributed by atoms with Gasteiger partial charge in [0, 0.05) is 9.89 Å². The van der Waals surface area contributed by atoms with E-state index in [1.807, 2.05) is 26.0 Å². The molecule has 1 fully saturated rings. The number of ether oxygens (including phenoxy) is 3. The van der Waals surface area contributed by atoms with Crippen LogP contribution >= 0.6 is 27.5 Å². The summed E-state index contributed by atoms with van der Waals surface area (Å²) in [7, 11) is 0. The fourth-order valence-corrected chi connectivity index (χ4v) is 4.24. The molecular weight excluding hydrogens is 499 g/mol. The highest BCUT2D eigenvalue weighted by Gasteiger charge is 2.65. The summed E-state index contributed by atoms with van der Waals surface area (Å²) in [4.78, 5) is 12.7. The smallest absolute Gasteiger partial charge is 0.313 e. The first-order valence-electron chi connectivity index (χ1n) is 10.1. The average molecular weight is 520 g/mol. The molecule has 0 radical (unpaired) electrons. The number of halogens is 3. The Morgan fingerprint density at radius 3 is 2.53 bits per heavy atom. The number of hydrogen-bond donors (Lipinski definition) is 0. The SMILES string of the molecule is CC1(C)C(Oc2ccc(Br)cc2Cl)C1C(=O)OCc1ccc(F)c(Oc2ccccc2)c1. The van der Waals surface area contributed by atoms with Gasteiger partial charge in [0.05, 0.1) is 5.02 Å². The lowest BCUT2D eigenvalue weighted by atomic mass is 10.1. The van der Waals surface area contributed by atoms with Gasteiger partial charge in [-0.05, 0) is 48.0 Å². The number of carbonyl (C=O) groups excluding carboxylic acids is 1. The van der Waals surface area contributed by atoms with Crippen LogP contribution in [0, 0.1) is 17.2 Å². The van der Waals surface area contributed by atoms with Crippen molar-refractivity contribution >= 4 is 33.5 Å². The minimum atomic E-state index is -0.493. The summed E-state index contributed by atoms with van der Waals surface area (Å²) < 4.78 is 32.1. The molecule has 7 heteroatoms. The van der Waals surface area contributed by atoms with Crippen LogP contribution in [0.25, 0.3) is 0 Å². The standard InChI is InChI=1S/C25H21BrClFO4/c1-25(2)22(23(25)32-20-11-9-16(26)13-18(20)27)24(29)30-14-15-8-10-19(28)21(12-15)31-17-6-4-3-5-7-17/h3-13,22-23H,14H2,1-2H3. The van der Waals surface area contributed by atoms with Crippen LogP contribution in [0.3, 0.4) is 0 Å². The minimum Gasteiger partial charge on any atom is -0.487 e. The number of para-hydroxylation sites is 1. The Morgan fingerprint density at radius 2 is 1.81 bits per heavy atom. The minimum absolute atomic E-state index is 0.00258. The highest BCUT2D eigenvalue weighted by atomic mass is 79.9. The van der Waals surface area contributed by atoms with Gasteiger partial charge in [-0.1, -0.05) is 65.6 Å². The predicted octanol–water partition coefficient (Wildman–Crippen LogP) is 7.18. The summed E-state index contributed by atoms with van der Waals surface area (Å²) in [6, 6.07) is 18.6. The topological polar surface area (TPSA) is 44.8 Å². The van der Waals surface area contributed by atoms with Crippen molar-refractivity contribution in [1.82, 2.24) is 0 Å².